The van der Waals surface area contributed by atoms with Gasteiger partial charge in [0, 0.05) is 11.3 Å². The molecule has 0 unspecified atom stereocenters. The minimum absolute atomic E-state index is 0.211. The molecule has 2 heterocycles. The Kier molecular flexibility index (Phi) is 5.00. The minimum atomic E-state index is -0.577. The number of amides is 1. The number of hydrogen-bond acceptors (Lipinski definition) is 8. The van der Waals surface area contributed by atoms with E-state index >= 15 is 0 Å². The summed E-state index contributed by atoms with van der Waals surface area (Å²) in [6, 6.07) is 17.8. The molecule has 32 heavy (non-hydrogen) atoms. The van der Waals surface area contributed by atoms with Gasteiger partial charge in [0.25, 0.3) is 16.8 Å². The molecule has 0 atom stereocenters. The summed E-state index contributed by atoms with van der Waals surface area (Å²) in [7, 11) is 0. The van der Waals surface area contributed by atoms with Crippen molar-refractivity contribution in [3.8, 4) is 0 Å². The van der Waals surface area contributed by atoms with Gasteiger partial charge in [0.15, 0.2) is 5.13 Å². The molecule has 0 aliphatic carbocycles. The molecule has 9 heteroatoms. The van der Waals surface area contributed by atoms with Crippen molar-refractivity contribution in [1.29, 1.82) is 0 Å². The molecule has 0 aliphatic heterocycles. The fourth-order valence-electron chi connectivity index (χ4n) is 3.23. The second-order valence-corrected chi connectivity index (χ2v) is 8.02. The first-order valence-corrected chi connectivity index (χ1v) is 10.5. The molecule has 1 amide bonds. The number of anilines is 4. The topological polar surface area (TPSA) is 113 Å². The zero-order valence-electron chi connectivity index (χ0n) is 16.5. The fraction of sp³-hybridized carbons (Fsp3) is 0.0435. The highest BCUT2D eigenvalue weighted by molar-refractivity contribution is 7.22. The molecule has 0 bridgehead atoms. The van der Waals surface area contributed by atoms with Crippen LogP contribution in [0.3, 0.4) is 0 Å². The molecular formula is C23H16N4O4S. The Morgan fingerprint density at radius 1 is 0.969 bits per heavy atom. The normalized spacial score (nSPS) is 11.0. The van der Waals surface area contributed by atoms with Gasteiger partial charge in [0.05, 0.1) is 23.0 Å². The van der Waals surface area contributed by atoms with Crippen LogP contribution >= 0.6 is 11.3 Å². The lowest BCUT2D eigenvalue weighted by Gasteiger charge is -2.14. The standard InChI is InChI=1S/C23H16N4O4S/c28-20-18(24-12-15-7-4-10-31-15)19(21(20)29)25-14-8-9-16-17(11-14)32-23(26-16)27-22(30)13-5-2-1-3-6-13/h1-11,24-25H,12H2,(H,26,27,30). The second-order valence-electron chi connectivity index (χ2n) is 6.99. The Morgan fingerprint density at radius 3 is 2.56 bits per heavy atom. The van der Waals surface area contributed by atoms with Gasteiger partial charge < -0.3 is 15.1 Å². The van der Waals surface area contributed by atoms with E-state index < -0.39 is 10.9 Å². The quantitative estimate of drug-likeness (QED) is 0.324. The first-order chi connectivity index (χ1) is 15.6. The van der Waals surface area contributed by atoms with Gasteiger partial charge in [0.1, 0.15) is 17.1 Å². The lowest BCUT2D eigenvalue weighted by molar-refractivity contribution is 0.102. The molecule has 0 radical (unpaired) electrons. The van der Waals surface area contributed by atoms with Crippen molar-refractivity contribution < 1.29 is 9.21 Å². The van der Waals surface area contributed by atoms with Crippen LogP contribution in [0, 0.1) is 0 Å². The Balaban J connectivity index is 1.33. The van der Waals surface area contributed by atoms with Crippen LogP contribution in [0.1, 0.15) is 16.1 Å². The first kappa shape index (κ1) is 19.7. The number of nitrogens with zero attached hydrogens (tertiary/aromatic N) is 1. The van der Waals surface area contributed by atoms with Crippen molar-refractivity contribution in [3.05, 3.63) is 98.7 Å². The van der Waals surface area contributed by atoms with Crippen LogP contribution in [-0.2, 0) is 6.54 Å². The number of fused-ring (bicyclic) bond motifs is 1. The van der Waals surface area contributed by atoms with Crippen LogP contribution in [0.25, 0.3) is 10.2 Å². The van der Waals surface area contributed by atoms with Gasteiger partial charge in [-0.25, -0.2) is 4.98 Å². The smallest absolute Gasteiger partial charge is 0.257 e. The van der Waals surface area contributed by atoms with Gasteiger partial charge in [-0.15, -0.1) is 0 Å². The van der Waals surface area contributed by atoms with E-state index in [1.54, 1.807) is 54.8 Å². The predicted octanol–water partition coefficient (Wildman–Crippen LogP) is 4.09. The van der Waals surface area contributed by atoms with Crippen LogP contribution in [0.5, 0.6) is 0 Å². The summed E-state index contributed by atoms with van der Waals surface area (Å²) >= 11 is 1.32. The predicted molar refractivity (Wildman–Crippen MR) is 125 cm³/mol. The molecule has 0 saturated carbocycles. The number of benzene rings is 2. The summed E-state index contributed by atoms with van der Waals surface area (Å²) in [4.78, 5) is 40.8. The van der Waals surface area contributed by atoms with Crippen molar-refractivity contribution in [2.24, 2.45) is 0 Å². The monoisotopic (exact) mass is 444 g/mol. The number of carbonyl (C=O) groups is 1. The van der Waals surface area contributed by atoms with E-state index in [4.69, 9.17) is 4.42 Å². The zero-order valence-corrected chi connectivity index (χ0v) is 17.4. The molecule has 5 aromatic rings. The Labute approximate surface area is 185 Å². The number of carbonyl (C=O) groups excluding carboxylic acids is 1. The molecular weight excluding hydrogens is 428 g/mol. The maximum absolute atomic E-state index is 12.4. The molecule has 158 valence electrons. The molecule has 5 rings (SSSR count). The first-order valence-electron chi connectivity index (χ1n) is 9.72. The van der Waals surface area contributed by atoms with Crippen molar-refractivity contribution in [3.63, 3.8) is 0 Å². The van der Waals surface area contributed by atoms with Crippen molar-refractivity contribution in [2.45, 2.75) is 6.54 Å². The number of furan rings is 1. The average molecular weight is 444 g/mol. The molecule has 2 aromatic heterocycles. The van der Waals surface area contributed by atoms with Crippen molar-refractivity contribution in [2.75, 3.05) is 16.0 Å². The summed E-state index contributed by atoms with van der Waals surface area (Å²) in [5.74, 6) is 0.416. The molecule has 0 saturated heterocycles. The molecule has 0 aliphatic rings. The van der Waals surface area contributed by atoms with E-state index in [9.17, 15) is 14.4 Å². The van der Waals surface area contributed by atoms with Crippen LogP contribution in [0.2, 0.25) is 0 Å². The van der Waals surface area contributed by atoms with Crippen LogP contribution < -0.4 is 26.8 Å². The summed E-state index contributed by atoms with van der Waals surface area (Å²) in [5, 5.41) is 9.24. The van der Waals surface area contributed by atoms with Crippen LogP contribution in [0.15, 0.2) is 80.9 Å². The number of thiazole rings is 1. The van der Waals surface area contributed by atoms with E-state index in [0.717, 1.165) is 4.70 Å². The van der Waals surface area contributed by atoms with Gasteiger partial charge in [-0.05, 0) is 42.5 Å². The van der Waals surface area contributed by atoms with E-state index in [-0.39, 0.29) is 17.3 Å². The lowest BCUT2D eigenvalue weighted by atomic mass is 10.1. The largest absolute Gasteiger partial charge is 0.467 e. The van der Waals surface area contributed by atoms with E-state index in [0.29, 0.717) is 34.2 Å². The number of aromatic nitrogens is 1. The van der Waals surface area contributed by atoms with Crippen molar-refractivity contribution in [1.82, 2.24) is 4.98 Å². The number of nitrogens with one attached hydrogen (secondary N) is 3. The van der Waals surface area contributed by atoms with Gasteiger partial charge in [0.2, 0.25) is 0 Å². The van der Waals surface area contributed by atoms with E-state index in [1.807, 2.05) is 12.1 Å². The fourth-order valence-corrected chi connectivity index (χ4v) is 4.13. The average Bonchev–Trinajstić information content (AvgIpc) is 3.47. The highest BCUT2D eigenvalue weighted by Gasteiger charge is 2.21. The Morgan fingerprint density at radius 2 is 1.78 bits per heavy atom. The maximum Gasteiger partial charge on any atom is 0.257 e. The number of rotatable bonds is 7. The molecule has 3 aromatic carbocycles. The van der Waals surface area contributed by atoms with Gasteiger partial charge in [-0.1, -0.05) is 29.5 Å². The maximum atomic E-state index is 12.4. The summed E-state index contributed by atoms with van der Waals surface area (Å²) < 4.78 is 6.06. The molecule has 0 spiro atoms. The third kappa shape index (κ3) is 3.77. The summed E-state index contributed by atoms with van der Waals surface area (Å²) in [6.07, 6.45) is 1.54. The minimum Gasteiger partial charge on any atom is -0.467 e. The zero-order chi connectivity index (χ0) is 22.1. The van der Waals surface area contributed by atoms with Gasteiger partial charge >= 0.3 is 0 Å². The Bertz CT molecular complexity index is 1480. The molecule has 3 N–H and O–H groups in total. The molecule has 0 fully saturated rings. The van der Waals surface area contributed by atoms with Crippen molar-refractivity contribution >= 4 is 49.7 Å². The highest BCUT2D eigenvalue weighted by atomic mass is 32.1. The third-order valence-electron chi connectivity index (χ3n) is 4.84. The lowest BCUT2D eigenvalue weighted by Crippen LogP contribution is -2.36. The van der Waals surface area contributed by atoms with E-state index in [2.05, 4.69) is 20.9 Å². The molecule has 8 nitrogen and oxygen atoms in total. The van der Waals surface area contributed by atoms with Gasteiger partial charge in [-0.2, -0.15) is 0 Å². The third-order valence-corrected chi connectivity index (χ3v) is 5.78. The summed E-state index contributed by atoms with van der Waals surface area (Å²) in [6.45, 7) is 0.297. The second kappa shape index (κ2) is 8.12. The van der Waals surface area contributed by atoms with Crippen LogP contribution in [-0.4, -0.2) is 10.9 Å². The van der Waals surface area contributed by atoms with E-state index in [1.165, 1.54) is 11.3 Å². The SMILES string of the molecule is O=C(Nc1nc2ccc(Nc3c(NCc4ccco4)c(=O)c3=O)cc2s1)c1ccccc1. The van der Waals surface area contributed by atoms with Gasteiger partial charge in [-0.3, -0.25) is 19.7 Å². The van der Waals surface area contributed by atoms with Crippen LogP contribution in [0.4, 0.5) is 22.2 Å². The number of hydrogen-bond donors (Lipinski definition) is 3. The highest BCUT2D eigenvalue weighted by Crippen LogP contribution is 2.30. The summed E-state index contributed by atoms with van der Waals surface area (Å²) in [5.41, 5.74) is 1.19. The Hall–Kier alpha value is -4.24.